The lowest BCUT2D eigenvalue weighted by atomic mass is 9.75. The fourth-order valence-corrected chi connectivity index (χ4v) is 2.82. The molecule has 4 nitrogen and oxygen atoms in total. The second kappa shape index (κ2) is 3.95. The van der Waals surface area contributed by atoms with E-state index >= 15 is 0 Å². The first kappa shape index (κ1) is 13.3. The number of carbonyl (C=O) groups excluding carboxylic acids is 2. The summed E-state index contributed by atoms with van der Waals surface area (Å²) < 4.78 is 0. The lowest BCUT2D eigenvalue weighted by Gasteiger charge is -2.48. The molecule has 96 valence electrons. The van der Waals surface area contributed by atoms with E-state index in [0.717, 1.165) is 5.70 Å². The van der Waals surface area contributed by atoms with E-state index in [0.29, 0.717) is 19.5 Å². The molecule has 1 atom stereocenters. The molecule has 0 aliphatic carbocycles. The molecule has 2 fully saturated rings. The molecular weight excluding hydrogens is 227 g/mol. The van der Waals surface area contributed by atoms with E-state index in [1.807, 2.05) is 0 Å². The quantitative estimate of drug-likeness (QED) is 0.719. The summed E-state index contributed by atoms with van der Waals surface area (Å²) in [6, 6.07) is 0. The van der Waals surface area contributed by atoms with Crippen molar-refractivity contribution in [1.29, 1.82) is 0 Å². The number of carbonyl (C=O) groups is 2. The van der Waals surface area contributed by atoms with Crippen LogP contribution in [0, 0.1) is 11.3 Å². The lowest BCUT2D eigenvalue weighted by molar-refractivity contribution is -0.140. The SMILES string of the molecule is [B]C(=O)C1(N2C(=C)C(C(C)(C)C)CC2=O)CNC1. The summed E-state index contributed by atoms with van der Waals surface area (Å²) in [7, 11) is 5.48. The van der Waals surface area contributed by atoms with Crippen LogP contribution in [0.2, 0.25) is 0 Å². The second-order valence-electron chi connectivity index (χ2n) is 6.34. The van der Waals surface area contributed by atoms with Crippen molar-refractivity contribution in [1.82, 2.24) is 10.2 Å². The summed E-state index contributed by atoms with van der Waals surface area (Å²) in [4.78, 5) is 25.4. The van der Waals surface area contributed by atoms with Gasteiger partial charge in [-0.2, -0.15) is 0 Å². The Kier molecular flexibility index (Phi) is 2.93. The Morgan fingerprint density at radius 1 is 1.50 bits per heavy atom. The molecule has 0 aromatic heterocycles. The van der Waals surface area contributed by atoms with Gasteiger partial charge in [-0.25, -0.2) is 0 Å². The first-order valence-corrected chi connectivity index (χ1v) is 6.22. The Labute approximate surface area is 109 Å². The number of allylic oxidation sites excluding steroid dienone is 1. The number of hydrogen-bond acceptors (Lipinski definition) is 3. The molecule has 1 amide bonds. The van der Waals surface area contributed by atoms with Crippen LogP contribution >= 0.6 is 0 Å². The Morgan fingerprint density at radius 2 is 2.06 bits per heavy atom. The fourth-order valence-electron chi connectivity index (χ4n) is 2.82. The van der Waals surface area contributed by atoms with Crippen LogP contribution in [-0.2, 0) is 9.59 Å². The van der Waals surface area contributed by atoms with Gasteiger partial charge in [0.1, 0.15) is 11.2 Å². The van der Waals surface area contributed by atoms with Gasteiger partial charge in [-0.15, -0.1) is 0 Å². The molecule has 1 N–H and O–H groups in total. The number of nitrogens with zero attached hydrogens (tertiary/aromatic N) is 1. The molecule has 2 radical (unpaired) electrons. The Balaban J connectivity index is 2.33. The maximum absolute atomic E-state index is 12.2. The summed E-state index contributed by atoms with van der Waals surface area (Å²) in [5.74, 6) is 0.0297. The number of likely N-dealkylation sites (tertiary alicyclic amines) is 1. The third kappa shape index (κ3) is 1.72. The lowest BCUT2D eigenvalue weighted by Crippen LogP contribution is -2.73. The second-order valence-corrected chi connectivity index (χ2v) is 6.34. The van der Waals surface area contributed by atoms with Crippen molar-refractivity contribution < 1.29 is 9.59 Å². The van der Waals surface area contributed by atoms with Gasteiger partial charge < -0.3 is 15.0 Å². The Hall–Kier alpha value is -1.10. The molecule has 18 heavy (non-hydrogen) atoms. The van der Waals surface area contributed by atoms with Crippen LogP contribution in [-0.4, -0.2) is 43.0 Å². The molecule has 2 heterocycles. The first-order valence-electron chi connectivity index (χ1n) is 6.22. The molecule has 2 rings (SSSR count). The number of nitrogens with one attached hydrogen (secondary N) is 1. The monoisotopic (exact) mass is 246 g/mol. The highest BCUT2D eigenvalue weighted by Crippen LogP contribution is 2.44. The van der Waals surface area contributed by atoms with Gasteiger partial charge >= 0.3 is 0 Å². The maximum atomic E-state index is 12.2. The van der Waals surface area contributed by atoms with E-state index in [1.54, 1.807) is 4.90 Å². The topological polar surface area (TPSA) is 49.4 Å². The Bertz CT molecular complexity index is 421. The minimum Gasteiger partial charge on any atom is -0.311 e. The van der Waals surface area contributed by atoms with Gasteiger partial charge in [-0.05, 0) is 5.41 Å². The highest BCUT2D eigenvalue weighted by molar-refractivity contribution is 6.60. The van der Waals surface area contributed by atoms with Crippen molar-refractivity contribution in [2.75, 3.05) is 13.1 Å². The Morgan fingerprint density at radius 3 is 2.33 bits per heavy atom. The summed E-state index contributed by atoms with van der Waals surface area (Å²) in [5, 5.41) is 3.02. The van der Waals surface area contributed by atoms with Gasteiger partial charge in [0.25, 0.3) is 0 Å². The van der Waals surface area contributed by atoms with Crippen molar-refractivity contribution in [3.05, 3.63) is 12.3 Å². The van der Waals surface area contributed by atoms with Gasteiger partial charge in [0, 0.05) is 31.1 Å². The van der Waals surface area contributed by atoms with Gasteiger partial charge in [0.05, 0.1) is 0 Å². The van der Waals surface area contributed by atoms with Crippen molar-refractivity contribution >= 4 is 19.4 Å². The van der Waals surface area contributed by atoms with Crippen molar-refractivity contribution in [2.24, 2.45) is 11.3 Å². The average Bonchev–Trinajstić information content (AvgIpc) is 2.42. The van der Waals surface area contributed by atoms with Crippen LogP contribution < -0.4 is 5.32 Å². The molecule has 2 aliphatic heterocycles. The molecule has 2 aliphatic rings. The first-order chi connectivity index (χ1) is 8.20. The highest BCUT2D eigenvalue weighted by atomic mass is 16.2. The van der Waals surface area contributed by atoms with Crippen LogP contribution in [0.3, 0.4) is 0 Å². The number of amides is 1. The van der Waals surface area contributed by atoms with E-state index in [1.165, 1.54) is 0 Å². The summed E-state index contributed by atoms with van der Waals surface area (Å²) in [6.07, 6.45) is 0.414. The molecule has 0 aromatic carbocycles. The predicted molar refractivity (Wildman–Crippen MR) is 69.9 cm³/mol. The highest BCUT2D eigenvalue weighted by Gasteiger charge is 2.54. The molecule has 1 unspecified atom stereocenters. The smallest absolute Gasteiger partial charge is 0.228 e. The molecular formula is C13H19BN2O2. The minimum atomic E-state index is -0.895. The molecule has 0 bridgehead atoms. The zero-order valence-corrected chi connectivity index (χ0v) is 11.2. The van der Waals surface area contributed by atoms with Crippen molar-refractivity contribution in [2.45, 2.75) is 32.7 Å². The summed E-state index contributed by atoms with van der Waals surface area (Å²) in [6.45, 7) is 11.1. The van der Waals surface area contributed by atoms with Gasteiger partial charge in [-0.1, -0.05) is 27.4 Å². The number of hydrogen-bond donors (Lipinski definition) is 1. The van der Waals surface area contributed by atoms with Crippen LogP contribution in [0.15, 0.2) is 12.3 Å². The standard InChI is InChI=1S/C13H19BN2O2/c1-8-9(12(2,3)4)5-10(17)16(8)13(11(14)18)6-15-7-13/h9,15H,1,5-7H2,2-4H3. The molecule has 0 saturated carbocycles. The summed E-state index contributed by atoms with van der Waals surface area (Å²) >= 11 is 0. The zero-order chi connectivity index (χ0) is 13.7. The van der Waals surface area contributed by atoms with E-state index in [2.05, 4.69) is 32.7 Å². The van der Waals surface area contributed by atoms with Crippen LogP contribution in [0.25, 0.3) is 0 Å². The maximum Gasteiger partial charge on any atom is 0.228 e. The van der Waals surface area contributed by atoms with Crippen molar-refractivity contribution in [3.8, 4) is 0 Å². The molecule has 2 saturated heterocycles. The van der Waals surface area contributed by atoms with Crippen LogP contribution in [0.4, 0.5) is 0 Å². The third-order valence-electron chi connectivity index (χ3n) is 4.08. The molecule has 5 heteroatoms. The van der Waals surface area contributed by atoms with Crippen LogP contribution in [0.1, 0.15) is 27.2 Å². The predicted octanol–water partition coefficient (Wildman–Crippen LogP) is 0.432. The third-order valence-corrected chi connectivity index (χ3v) is 4.08. The molecule has 0 spiro atoms. The van der Waals surface area contributed by atoms with E-state index in [9.17, 15) is 9.59 Å². The fraction of sp³-hybridized carbons (Fsp3) is 0.692. The van der Waals surface area contributed by atoms with E-state index < -0.39 is 11.2 Å². The summed E-state index contributed by atoms with van der Waals surface area (Å²) in [5.41, 5.74) is -0.663. The van der Waals surface area contributed by atoms with Gasteiger partial charge in [0.2, 0.25) is 5.91 Å². The van der Waals surface area contributed by atoms with E-state index in [-0.39, 0.29) is 17.2 Å². The minimum absolute atomic E-state index is 0.0415. The average molecular weight is 246 g/mol. The van der Waals surface area contributed by atoms with Gasteiger partial charge in [0.15, 0.2) is 7.85 Å². The van der Waals surface area contributed by atoms with Gasteiger partial charge in [-0.3, -0.25) is 4.79 Å². The largest absolute Gasteiger partial charge is 0.311 e. The number of rotatable bonds is 2. The zero-order valence-electron chi connectivity index (χ0n) is 11.2. The van der Waals surface area contributed by atoms with Crippen molar-refractivity contribution in [3.63, 3.8) is 0 Å². The van der Waals surface area contributed by atoms with Crippen LogP contribution in [0.5, 0.6) is 0 Å². The normalized spacial score (nSPS) is 27.3. The van der Waals surface area contributed by atoms with E-state index in [4.69, 9.17) is 7.85 Å². The molecule has 0 aromatic rings.